The Kier molecular flexibility index (Phi) is 12.1. The molecule has 1 aliphatic rings. The van der Waals surface area contributed by atoms with Crippen LogP contribution in [-0.4, -0.2) is 93.2 Å². The number of aryl methyl sites for hydroxylation is 1. The number of pyridine rings is 1. The maximum Gasteiger partial charge on any atom is 0.416 e. The predicted octanol–water partition coefficient (Wildman–Crippen LogP) is 6.17. The molecule has 1 atom stereocenters. The lowest BCUT2D eigenvalue weighted by atomic mass is 10.1. The third-order valence-electron chi connectivity index (χ3n) is 9.05. The second-order valence-electron chi connectivity index (χ2n) is 12.7. The molecule has 3 heterocycles. The van der Waals surface area contributed by atoms with Gasteiger partial charge in [-0.3, -0.25) is 14.5 Å². The van der Waals surface area contributed by atoms with Gasteiger partial charge in [0, 0.05) is 68.8 Å². The maximum atomic E-state index is 13.8. The fourth-order valence-electron chi connectivity index (χ4n) is 6.08. The van der Waals surface area contributed by atoms with Crippen LogP contribution in [-0.2, 0) is 29.4 Å². The summed E-state index contributed by atoms with van der Waals surface area (Å²) < 4.78 is 51.8. The number of benzene rings is 3. The molecule has 0 saturated carbocycles. The summed E-state index contributed by atoms with van der Waals surface area (Å²) in [6.07, 6.45) is -3.03. The summed E-state index contributed by atoms with van der Waals surface area (Å²) in [5, 5.41) is 15.6. The fraction of sp³-hybridized carbons (Fsp3) is 0.256. The normalized spacial score (nSPS) is 14.5. The molecule has 0 aliphatic carbocycles. The molecule has 1 saturated heterocycles. The standard InChI is InChI=1S/C37H36F3N5O4.C2H2O4/c1-24-22-44(23-25-5-12-30(48-4)13-6-25)17-18-45(24)36(47)33-20-27-19-31(14-15-32(27)43(33)3)49-34-16-11-29(21-41-34)42(2)35(46)26-7-9-28(10-8-26)37(38,39)40;3-1(4)2(5)6/h5-16,19-21,24H,17-18,22-23H2,1-4H3;(H,3,4)(H,5,6)/t24-;/m1./s1. The number of methoxy groups -OCH3 is 1. The molecule has 16 heteroatoms. The van der Waals surface area contributed by atoms with Crippen LogP contribution >= 0.6 is 0 Å². The van der Waals surface area contributed by atoms with E-state index >= 15 is 0 Å². The van der Waals surface area contributed by atoms with Gasteiger partial charge in [-0.1, -0.05) is 12.1 Å². The highest BCUT2D eigenvalue weighted by atomic mass is 19.4. The van der Waals surface area contributed by atoms with Gasteiger partial charge in [-0.05, 0) is 79.2 Å². The fourth-order valence-corrected chi connectivity index (χ4v) is 6.08. The van der Waals surface area contributed by atoms with E-state index in [-0.39, 0.29) is 23.4 Å². The van der Waals surface area contributed by atoms with Gasteiger partial charge in [-0.15, -0.1) is 0 Å². The molecule has 5 aromatic rings. The van der Waals surface area contributed by atoms with Gasteiger partial charge in [-0.25, -0.2) is 14.6 Å². The van der Waals surface area contributed by atoms with Gasteiger partial charge >= 0.3 is 18.1 Å². The molecule has 2 aromatic heterocycles. The minimum absolute atomic E-state index is 0.0232. The van der Waals surface area contributed by atoms with Crippen LogP contribution in [0, 0.1) is 0 Å². The third-order valence-corrected chi connectivity index (χ3v) is 9.05. The summed E-state index contributed by atoms with van der Waals surface area (Å²) in [6, 6.07) is 22.8. The smallest absolute Gasteiger partial charge is 0.416 e. The number of hydrogen-bond donors (Lipinski definition) is 2. The Hall–Kier alpha value is -6.42. The van der Waals surface area contributed by atoms with E-state index in [4.69, 9.17) is 29.3 Å². The van der Waals surface area contributed by atoms with Gasteiger partial charge in [0.1, 0.15) is 17.2 Å². The van der Waals surface area contributed by atoms with Crippen molar-refractivity contribution in [1.29, 1.82) is 0 Å². The van der Waals surface area contributed by atoms with E-state index in [2.05, 4.69) is 28.9 Å². The molecule has 2 amide bonds. The molecule has 1 fully saturated rings. The number of aromatic nitrogens is 2. The molecular formula is C39H38F3N5O8. The number of rotatable bonds is 8. The molecule has 0 unspecified atom stereocenters. The molecule has 6 rings (SSSR count). The Morgan fingerprint density at radius 3 is 2.11 bits per heavy atom. The second kappa shape index (κ2) is 16.7. The third kappa shape index (κ3) is 9.58. The van der Waals surface area contributed by atoms with E-state index in [1.165, 1.54) is 23.7 Å². The lowest BCUT2D eigenvalue weighted by Crippen LogP contribution is -2.53. The first-order valence-electron chi connectivity index (χ1n) is 16.9. The number of fused-ring (bicyclic) bond motifs is 1. The number of piperazine rings is 1. The quantitative estimate of drug-likeness (QED) is 0.176. The monoisotopic (exact) mass is 761 g/mol. The number of carboxylic acid groups (broad SMARTS) is 2. The van der Waals surface area contributed by atoms with Crippen LogP contribution in [0.25, 0.3) is 10.9 Å². The Labute approximate surface area is 313 Å². The SMILES string of the molecule is COc1ccc(CN2CCN(C(=O)c3cc4cc(Oc5ccc(N(C)C(=O)c6ccc(C(F)(F)F)cc6)cn5)ccc4n3C)[C@H](C)C2)cc1.O=C(O)C(=O)O. The summed E-state index contributed by atoms with van der Waals surface area (Å²) in [4.78, 5) is 54.7. The number of hydrogen-bond acceptors (Lipinski definition) is 8. The highest BCUT2D eigenvalue weighted by Crippen LogP contribution is 2.31. The summed E-state index contributed by atoms with van der Waals surface area (Å²) >= 11 is 0. The Balaban J connectivity index is 0.000000895. The molecule has 288 valence electrons. The van der Waals surface area contributed by atoms with Gasteiger partial charge < -0.3 is 34.1 Å². The highest BCUT2D eigenvalue weighted by Gasteiger charge is 2.31. The number of halogens is 3. The van der Waals surface area contributed by atoms with Crippen molar-refractivity contribution in [2.24, 2.45) is 7.05 Å². The van der Waals surface area contributed by atoms with E-state index < -0.39 is 29.6 Å². The van der Waals surface area contributed by atoms with E-state index in [1.54, 1.807) is 25.3 Å². The summed E-state index contributed by atoms with van der Waals surface area (Å²) in [6.45, 7) is 5.05. The summed E-state index contributed by atoms with van der Waals surface area (Å²) in [5.41, 5.74) is 2.40. The van der Waals surface area contributed by atoms with Gasteiger partial charge in [0.2, 0.25) is 5.88 Å². The molecule has 1 aliphatic heterocycles. The molecule has 0 bridgehead atoms. The zero-order chi connectivity index (χ0) is 40.0. The molecule has 2 N–H and O–H groups in total. The van der Waals surface area contributed by atoms with Gasteiger partial charge in [-0.2, -0.15) is 13.2 Å². The van der Waals surface area contributed by atoms with Crippen molar-refractivity contribution in [3.8, 4) is 17.4 Å². The zero-order valence-corrected chi connectivity index (χ0v) is 30.3. The number of amides is 2. The van der Waals surface area contributed by atoms with Crippen molar-refractivity contribution >= 4 is 40.3 Å². The van der Waals surface area contributed by atoms with Crippen molar-refractivity contribution in [2.45, 2.75) is 25.7 Å². The van der Waals surface area contributed by atoms with Crippen LogP contribution in [0.5, 0.6) is 17.4 Å². The molecule has 55 heavy (non-hydrogen) atoms. The van der Waals surface area contributed by atoms with Crippen molar-refractivity contribution in [3.05, 3.63) is 114 Å². The topological polar surface area (TPSA) is 155 Å². The van der Waals surface area contributed by atoms with Gasteiger partial charge in [0.05, 0.1) is 24.6 Å². The summed E-state index contributed by atoms with van der Waals surface area (Å²) in [5.74, 6) is -2.52. The van der Waals surface area contributed by atoms with Crippen LogP contribution in [0.4, 0.5) is 18.9 Å². The number of aliphatic carboxylic acids is 2. The van der Waals surface area contributed by atoms with Crippen molar-refractivity contribution in [1.82, 2.24) is 19.4 Å². The summed E-state index contributed by atoms with van der Waals surface area (Å²) in [7, 11) is 5.05. The molecule has 0 spiro atoms. The lowest BCUT2D eigenvalue weighted by molar-refractivity contribution is -0.159. The van der Waals surface area contributed by atoms with Crippen molar-refractivity contribution in [3.63, 3.8) is 0 Å². The number of alkyl halides is 3. The molecule has 13 nitrogen and oxygen atoms in total. The van der Waals surface area contributed by atoms with Crippen LogP contribution < -0.4 is 14.4 Å². The van der Waals surface area contributed by atoms with E-state index in [0.29, 0.717) is 23.7 Å². The van der Waals surface area contributed by atoms with Crippen LogP contribution in [0.1, 0.15) is 38.9 Å². The zero-order valence-electron chi connectivity index (χ0n) is 30.3. The maximum absolute atomic E-state index is 13.8. The Bertz CT molecular complexity index is 2160. The minimum Gasteiger partial charge on any atom is -0.497 e. The first-order valence-corrected chi connectivity index (χ1v) is 16.9. The number of carboxylic acids is 2. The number of ether oxygens (including phenoxy) is 2. The van der Waals surface area contributed by atoms with Crippen LogP contribution in [0.15, 0.2) is 91.1 Å². The number of carbonyl (C=O) groups excluding carboxylic acids is 2. The van der Waals surface area contributed by atoms with Crippen LogP contribution in [0.2, 0.25) is 0 Å². The molecular weight excluding hydrogens is 723 g/mol. The minimum atomic E-state index is -4.48. The van der Waals surface area contributed by atoms with Crippen molar-refractivity contribution < 1.29 is 52.0 Å². The van der Waals surface area contributed by atoms with E-state index in [1.807, 2.05) is 46.8 Å². The highest BCUT2D eigenvalue weighted by molar-refractivity contribution is 6.27. The lowest BCUT2D eigenvalue weighted by Gasteiger charge is -2.40. The van der Waals surface area contributed by atoms with Gasteiger partial charge in [0.15, 0.2) is 0 Å². The number of anilines is 1. The van der Waals surface area contributed by atoms with Crippen molar-refractivity contribution in [2.75, 3.05) is 38.7 Å². The average molecular weight is 762 g/mol. The predicted molar refractivity (Wildman–Crippen MR) is 195 cm³/mol. The first kappa shape index (κ1) is 39.8. The Morgan fingerprint density at radius 2 is 1.55 bits per heavy atom. The van der Waals surface area contributed by atoms with Crippen LogP contribution in [0.3, 0.4) is 0 Å². The second-order valence-corrected chi connectivity index (χ2v) is 12.7. The van der Waals surface area contributed by atoms with E-state index in [9.17, 15) is 22.8 Å². The Morgan fingerprint density at radius 1 is 0.891 bits per heavy atom. The number of carbonyl (C=O) groups is 4. The first-order chi connectivity index (χ1) is 26.0. The molecule has 3 aromatic carbocycles. The molecule has 0 radical (unpaired) electrons. The average Bonchev–Trinajstić information content (AvgIpc) is 3.49. The largest absolute Gasteiger partial charge is 0.497 e. The van der Waals surface area contributed by atoms with Gasteiger partial charge in [0.25, 0.3) is 11.8 Å². The van der Waals surface area contributed by atoms with E-state index in [0.717, 1.165) is 60.6 Å². The number of nitrogens with zero attached hydrogens (tertiary/aromatic N) is 5.